The minimum Gasteiger partial charge on any atom is -0.344 e. The number of amides is 2. The molecule has 3 heterocycles. The van der Waals surface area contributed by atoms with Crippen molar-refractivity contribution >= 4 is 11.8 Å². The Hall–Kier alpha value is -1.96. The van der Waals surface area contributed by atoms with Crippen LogP contribution in [0.3, 0.4) is 0 Å². The number of carbonyl (C=O) groups excluding carboxylic acids is 2. The number of hydrogen-bond acceptors (Lipinski definition) is 6. The van der Waals surface area contributed by atoms with Crippen molar-refractivity contribution in [3.8, 4) is 0 Å². The van der Waals surface area contributed by atoms with Gasteiger partial charge in [-0.25, -0.2) is 0 Å². The summed E-state index contributed by atoms with van der Waals surface area (Å²) in [6, 6.07) is -0.456. The van der Waals surface area contributed by atoms with Gasteiger partial charge in [-0.3, -0.25) is 9.59 Å². The zero-order chi connectivity index (χ0) is 14.1. The molecule has 2 aliphatic rings. The van der Waals surface area contributed by atoms with Crippen molar-refractivity contribution in [2.24, 2.45) is 0 Å². The Morgan fingerprint density at radius 2 is 2.35 bits per heavy atom. The van der Waals surface area contributed by atoms with Gasteiger partial charge in [0, 0.05) is 13.6 Å². The Balaban J connectivity index is 1.64. The Morgan fingerprint density at radius 1 is 1.50 bits per heavy atom. The van der Waals surface area contributed by atoms with E-state index in [1.807, 2.05) is 0 Å². The standard InChI is InChI=1S/C12H17N5O3/c1-17-6-4-8(12(17)19)14-10(18)9-15-11(20-16-9)7-3-2-5-13-7/h7-8,13H,2-6H2,1H3,(H,14,18). The lowest BCUT2D eigenvalue weighted by Crippen LogP contribution is -2.41. The van der Waals surface area contributed by atoms with Crippen LogP contribution in [0.25, 0.3) is 0 Å². The molecule has 2 atom stereocenters. The van der Waals surface area contributed by atoms with E-state index in [1.165, 1.54) is 0 Å². The third-order valence-corrected chi connectivity index (χ3v) is 3.74. The quantitative estimate of drug-likeness (QED) is 0.770. The number of nitrogens with zero attached hydrogens (tertiary/aromatic N) is 3. The fourth-order valence-corrected chi connectivity index (χ4v) is 2.54. The van der Waals surface area contributed by atoms with Crippen molar-refractivity contribution in [2.45, 2.75) is 31.3 Å². The van der Waals surface area contributed by atoms with Crippen LogP contribution in [0.4, 0.5) is 0 Å². The molecule has 0 saturated carbocycles. The highest BCUT2D eigenvalue weighted by molar-refractivity contribution is 5.95. The van der Waals surface area contributed by atoms with Gasteiger partial charge < -0.3 is 20.1 Å². The summed E-state index contributed by atoms with van der Waals surface area (Å²) in [5.41, 5.74) is 0. The predicted octanol–water partition coefficient (Wildman–Crippen LogP) is -0.545. The molecular formula is C12H17N5O3. The maximum atomic E-state index is 12.0. The molecule has 8 heteroatoms. The van der Waals surface area contributed by atoms with E-state index in [9.17, 15) is 9.59 Å². The summed E-state index contributed by atoms with van der Waals surface area (Å²) in [4.78, 5) is 29.4. The van der Waals surface area contributed by atoms with Crippen molar-refractivity contribution in [2.75, 3.05) is 20.1 Å². The fraction of sp³-hybridized carbons (Fsp3) is 0.667. The van der Waals surface area contributed by atoms with Gasteiger partial charge in [-0.2, -0.15) is 4.98 Å². The van der Waals surface area contributed by atoms with Crippen LogP contribution in [-0.4, -0.2) is 53.0 Å². The van der Waals surface area contributed by atoms with Crippen LogP contribution < -0.4 is 10.6 Å². The van der Waals surface area contributed by atoms with E-state index < -0.39 is 11.9 Å². The van der Waals surface area contributed by atoms with Crippen LogP contribution in [0, 0.1) is 0 Å². The van der Waals surface area contributed by atoms with E-state index in [0.29, 0.717) is 18.9 Å². The summed E-state index contributed by atoms with van der Waals surface area (Å²) in [5, 5.41) is 9.55. The highest BCUT2D eigenvalue weighted by atomic mass is 16.5. The molecule has 2 saturated heterocycles. The maximum Gasteiger partial charge on any atom is 0.293 e. The number of likely N-dealkylation sites (tertiary alicyclic amines) is 1. The van der Waals surface area contributed by atoms with Crippen molar-refractivity contribution < 1.29 is 14.1 Å². The largest absolute Gasteiger partial charge is 0.344 e. The fourth-order valence-electron chi connectivity index (χ4n) is 2.54. The molecule has 3 rings (SSSR count). The average molecular weight is 279 g/mol. The van der Waals surface area contributed by atoms with Gasteiger partial charge in [-0.05, 0) is 25.8 Å². The first-order valence-electron chi connectivity index (χ1n) is 6.78. The van der Waals surface area contributed by atoms with Crippen molar-refractivity contribution in [1.29, 1.82) is 0 Å². The number of carbonyl (C=O) groups is 2. The minimum atomic E-state index is -0.487. The third-order valence-electron chi connectivity index (χ3n) is 3.74. The molecule has 2 amide bonds. The van der Waals surface area contributed by atoms with Gasteiger partial charge in [-0.15, -0.1) is 0 Å². The molecule has 2 unspecified atom stereocenters. The molecular weight excluding hydrogens is 262 g/mol. The van der Waals surface area contributed by atoms with Gasteiger partial charge in [0.05, 0.1) is 6.04 Å². The number of rotatable bonds is 3. The molecule has 8 nitrogen and oxygen atoms in total. The van der Waals surface area contributed by atoms with Crippen LogP contribution >= 0.6 is 0 Å². The lowest BCUT2D eigenvalue weighted by Gasteiger charge is -2.10. The number of nitrogens with one attached hydrogen (secondary N) is 2. The lowest BCUT2D eigenvalue weighted by atomic mass is 10.2. The number of hydrogen-bond donors (Lipinski definition) is 2. The molecule has 0 aromatic carbocycles. The SMILES string of the molecule is CN1CCC(NC(=O)c2noc(C3CCCN3)n2)C1=O. The van der Waals surface area contributed by atoms with Crippen LogP contribution in [0.15, 0.2) is 4.52 Å². The van der Waals surface area contributed by atoms with Gasteiger partial charge in [0.1, 0.15) is 6.04 Å². The molecule has 1 aromatic heterocycles. The van der Waals surface area contributed by atoms with E-state index in [4.69, 9.17) is 4.52 Å². The summed E-state index contributed by atoms with van der Waals surface area (Å²) >= 11 is 0. The molecule has 2 fully saturated rings. The topological polar surface area (TPSA) is 100 Å². The molecule has 0 radical (unpaired) electrons. The number of aromatic nitrogens is 2. The normalized spacial score (nSPS) is 26.2. The monoisotopic (exact) mass is 279 g/mol. The molecule has 20 heavy (non-hydrogen) atoms. The highest BCUT2D eigenvalue weighted by Gasteiger charge is 2.32. The van der Waals surface area contributed by atoms with Gasteiger partial charge in [-0.1, -0.05) is 5.16 Å². The molecule has 0 spiro atoms. The Kier molecular flexibility index (Phi) is 3.39. The Morgan fingerprint density at radius 3 is 3.00 bits per heavy atom. The minimum absolute atomic E-state index is 0.0175. The van der Waals surface area contributed by atoms with Crippen LogP contribution in [-0.2, 0) is 4.79 Å². The van der Waals surface area contributed by atoms with Gasteiger partial charge in [0.25, 0.3) is 11.7 Å². The van der Waals surface area contributed by atoms with Crippen molar-refractivity contribution in [3.05, 3.63) is 11.7 Å². The zero-order valence-electron chi connectivity index (χ0n) is 11.3. The molecule has 0 aliphatic carbocycles. The molecule has 0 bridgehead atoms. The van der Waals surface area contributed by atoms with Crippen molar-refractivity contribution in [1.82, 2.24) is 25.7 Å². The smallest absolute Gasteiger partial charge is 0.293 e. The van der Waals surface area contributed by atoms with Crippen LogP contribution in [0.5, 0.6) is 0 Å². The summed E-state index contributed by atoms with van der Waals surface area (Å²) in [5.74, 6) is -0.134. The molecule has 2 N–H and O–H groups in total. The summed E-state index contributed by atoms with van der Waals surface area (Å²) in [6.45, 7) is 1.56. The zero-order valence-corrected chi connectivity index (χ0v) is 11.3. The summed E-state index contributed by atoms with van der Waals surface area (Å²) < 4.78 is 5.10. The lowest BCUT2D eigenvalue weighted by molar-refractivity contribution is -0.128. The summed E-state index contributed by atoms with van der Waals surface area (Å²) in [7, 11) is 1.71. The second kappa shape index (κ2) is 5.20. The second-order valence-corrected chi connectivity index (χ2v) is 5.18. The van der Waals surface area contributed by atoms with Crippen molar-refractivity contribution in [3.63, 3.8) is 0 Å². The number of likely N-dealkylation sites (N-methyl/N-ethyl adjacent to an activating group) is 1. The molecule has 108 valence electrons. The second-order valence-electron chi connectivity index (χ2n) is 5.18. The van der Waals surface area contributed by atoms with Gasteiger partial charge in [0.2, 0.25) is 11.8 Å². The van der Waals surface area contributed by atoms with Gasteiger partial charge in [0.15, 0.2) is 0 Å². The first-order chi connectivity index (χ1) is 9.65. The Bertz CT molecular complexity index is 523. The third kappa shape index (κ3) is 2.38. The van der Waals surface area contributed by atoms with Crippen LogP contribution in [0.1, 0.15) is 41.8 Å². The molecule has 1 aromatic rings. The first kappa shape index (κ1) is 13.0. The van der Waals surface area contributed by atoms with E-state index in [1.54, 1.807) is 11.9 Å². The van der Waals surface area contributed by atoms with E-state index in [-0.39, 0.29) is 17.8 Å². The first-order valence-corrected chi connectivity index (χ1v) is 6.78. The Labute approximate surface area is 115 Å². The summed E-state index contributed by atoms with van der Waals surface area (Å²) in [6.07, 6.45) is 2.59. The molecule has 2 aliphatic heterocycles. The maximum absolute atomic E-state index is 12.0. The highest BCUT2D eigenvalue weighted by Crippen LogP contribution is 2.21. The van der Waals surface area contributed by atoms with E-state index >= 15 is 0 Å². The van der Waals surface area contributed by atoms with E-state index in [2.05, 4.69) is 20.8 Å². The average Bonchev–Trinajstić information content (AvgIpc) is 3.14. The van der Waals surface area contributed by atoms with Gasteiger partial charge >= 0.3 is 0 Å². The predicted molar refractivity (Wildman–Crippen MR) is 67.8 cm³/mol. The van der Waals surface area contributed by atoms with E-state index in [0.717, 1.165) is 19.4 Å². The van der Waals surface area contributed by atoms with Crippen LogP contribution in [0.2, 0.25) is 0 Å².